The Morgan fingerprint density at radius 2 is 1.31 bits per heavy atom. The van der Waals surface area contributed by atoms with Crippen LogP contribution in [0.1, 0.15) is 51.3 Å². The lowest BCUT2D eigenvalue weighted by molar-refractivity contribution is 0.642. The van der Waals surface area contributed by atoms with Gasteiger partial charge in [-0.25, -0.2) is 0 Å². The summed E-state index contributed by atoms with van der Waals surface area (Å²) in [6, 6.07) is 2.48. The summed E-state index contributed by atoms with van der Waals surface area (Å²) in [6.45, 7) is 11.5. The van der Waals surface area contributed by atoms with Gasteiger partial charge in [0.15, 0.2) is 0 Å². The molecule has 0 N–H and O–H groups in total. The lowest BCUT2D eigenvalue weighted by Crippen LogP contribution is -1.94. The molecule has 0 unspecified atom stereocenters. The van der Waals surface area contributed by atoms with Crippen LogP contribution in [-0.4, -0.2) is 0 Å². The van der Waals surface area contributed by atoms with Crippen molar-refractivity contribution in [1.82, 2.24) is 0 Å². The van der Waals surface area contributed by atoms with Gasteiger partial charge in [0.05, 0.1) is 0 Å². The number of benzene rings is 1. The summed E-state index contributed by atoms with van der Waals surface area (Å²) in [4.78, 5) is 0. The molecule has 0 aromatic heterocycles. The third-order valence-corrected chi connectivity index (χ3v) is 3.39. The van der Waals surface area contributed by atoms with Crippen LogP contribution in [0.25, 0.3) is 11.1 Å². The molecule has 0 bridgehead atoms. The van der Waals surface area contributed by atoms with E-state index < -0.39 is 0 Å². The Bertz CT molecular complexity index is 363. The summed E-state index contributed by atoms with van der Waals surface area (Å²) < 4.78 is 0. The highest BCUT2D eigenvalue weighted by molar-refractivity contribution is 5.95. The Hall–Kier alpha value is -0.780. The molecule has 0 amide bonds. The summed E-state index contributed by atoms with van der Waals surface area (Å²) in [5, 5.41) is 0. The highest BCUT2D eigenvalue weighted by atomic mass is 14.3. The highest BCUT2D eigenvalue weighted by Crippen LogP contribution is 2.50. The zero-order chi connectivity index (χ0) is 11.9. The van der Waals surface area contributed by atoms with Crippen molar-refractivity contribution in [2.75, 3.05) is 0 Å². The molecule has 0 saturated carbocycles. The molecule has 16 heavy (non-hydrogen) atoms. The van der Waals surface area contributed by atoms with E-state index in [9.17, 15) is 0 Å². The van der Waals surface area contributed by atoms with E-state index in [4.69, 9.17) is 0 Å². The SMILES string of the molecule is CCc1c2c(CC(C)C)cc(CC(C)C)c1-2. The van der Waals surface area contributed by atoms with Crippen LogP contribution in [0.3, 0.4) is 0 Å². The van der Waals surface area contributed by atoms with Crippen LogP contribution >= 0.6 is 0 Å². The minimum absolute atomic E-state index is 0.775. The first-order valence-corrected chi connectivity index (χ1v) is 6.72. The van der Waals surface area contributed by atoms with Crippen LogP contribution in [-0.2, 0) is 19.3 Å². The fourth-order valence-electron chi connectivity index (χ4n) is 2.84. The smallest absolute Gasteiger partial charge is 0.0108 e. The van der Waals surface area contributed by atoms with Gasteiger partial charge in [0.2, 0.25) is 0 Å². The number of rotatable bonds is 5. The van der Waals surface area contributed by atoms with Crippen molar-refractivity contribution in [2.24, 2.45) is 11.8 Å². The zero-order valence-corrected chi connectivity index (χ0v) is 11.4. The van der Waals surface area contributed by atoms with Crippen LogP contribution in [0.15, 0.2) is 6.07 Å². The Morgan fingerprint density at radius 3 is 1.62 bits per heavy atom. The van der Waals surface area contributed by atoms with Crippen molar-refractivity contribution in [2.45, 2.75) is 53.9 Å². The molecule has 0 aromatic carbocycles. The first-order valence-electron chi connectivity index (χ1n) is 6.72. The first-order chi connectivity index (χ1) is 7.54. The lowest BCUT2D eigenvalue weighted by atomic mass is 10.0. The summed E-state index contributed by atoms with van der Waals surface area (Å²) in [6.07, 6.45) is 3.73. The van der Waals surface area contributed by atoms with E-state index in [2.05, 4.69) is 40.7 Å². The quantitative estimate of drug-likeness (QED) is 0.683. The second kappa shape index (κ2) is 4.24. The third kappa shape index (κ3) is 2.03. The average molecular weight is 216 g/mol. The normalized spacial score (nSPS) is 12.7. The van der Waals surface area contributed by atoms with Gasteiger partial charge in [-0.1, -0.05) is 40.7 Å². The molecule has 0 aliphatic heterocycles. The van der Waals surface area contributed by atoms with Crippen LogP contribution < -0.4 is 0 Å². The molecule has 0 heterocycles. The van der Waals surface area contributed by atoms with Crippen molar-refractivity contribution in [1.29, 1.82) is 0 Å². The maximum atomic E-state index is 2.48. The Morgan fingerprint density at radius 1 is 0.875 bits per heavy atom. The van der Waals surface area contributed by atoms with E-state index in [-0.39, 0.29) is 0 Å². The van der Waals surface area contributed by atoms with E-state index in [0.717, 1.165) is 11.8 Å². The summed E-state index contributed by atoms with van der Waals surface area (Å²) in [5.41, 5.74) is 8.20. The molecule has 0 atom stereocenters. The van der Waals surface area contributed by atoms with Crippen LogP contribution in [0.2, 0.25) is 0 Å². The molecule has 0 fully saturated rings. The topological polar surface area (TPSA) is 0 Å². The maximum Gasteiger partial charge on any atom is -0.0108 e. The first kappa shape index (κ1) is 11.7. The molecule has 0 nitrogen and oxygen atoms in total. The predicted octanol–water partition coefficient (Wildman–Crippen LogP) is 4.63. The fraction of sp³-hybridized carbons (Fsp3) is 0.625. The zero-order valence-electron chi connectivity index (χ0n) is 11.4. The minimum Gasteiger partial charge on any atom is -0.0625 e. The van der Waals surface area contributed by atoms with Crippen molar-refractivity contribution >= 4 is 0 Å². The van der Waals surface area contributed by atoms with Crippen LogP contribution in [0, 0.1) is 11.8 Å². The molecule has 2 rings (SSSR count). The Balaban J connectivity index is 2.24. The van der Waals surface area contributed by atoms with Gasteiger partial charge < -0.3 is 0 Å². The molecule has 0 saturated heterocycles. The number of fused-ring (bicyclic) bond motifs is 1. The van der Waals surface area contributed by atoms with Gasteiger partial charge in [-0.3, -0.25) is 0 Å². The molecule has 2 aliphatic rings. The molecular weight excluding hydrogens is 192 g/mol. The summed E-state index contributed by atoms with van der Waals surface area (Å²) in [7, 11) is 0. The molecule has 88 valence electrons. The second-order valence-electron chi connectivity index (χ2n) is 5.97. The Labute approximate surface area is 100 Å². The minimum atomic E-state index is 0.775. The third-order valence-electron chi connectivity index (χ3n) is 3.39. The van der Waals surface area contributed by atoms with Crippen molar-refractivity contribution in [3.8, 4) is 11.1 Å². The standard InChI is InChI=1S/C16H24/c1-6-14-15-12(7-10(2)3)9-13(16(14)15)8-11(4)5/h9-11H,6-8H2,1-5H3. The monoisotopic (exact) mass is 216 g/mol. The second-order valence-corrected chi connectivity index (χ2v) is 5.97. The van der Waals surface area contributed by atoms with Gasteiger partial charge in [-0.2, -0.15) is 0 Å². The molecule has 0 radical (unpaired) electrons. The average Bonchev–Trinajstić information content (AvgIpc) is 2.79. The van der Waals surface area contributed by atoms with Gasteiger partial charge in [0.1, 0.15) is 0 Å². The highest BCUT2D eigenvalue weighted by Gasteiger charge is 2.31. The largest absolute Gasteiger partial charge is 0.0625 e. The van der Waals surface area contributed by atoms with Crippen LogP contribution in [0.5, 0.6) is 0 Å². The number of hydrogen-bond donors (Lipinski definition) is 0. The van der Waals surface area contributed by atoms with Gasteiger partial charge in [0, 0.05) is 0 Å². The molecule has 0 aromatic rings. The summed E-state index contributed by atoms with van der Waals surface area (Å²) >= 11 is 0. The van der Waals surface area contributed by atoms with Crippen molar-refractivity contribution in [3.63, 3.8) is 0 Å². The van der Waals surface area contributed by atoms with E-state index in [0.29, 0.717) is 0 Å². The van der Waals surface area contributed by atoms with Crippen molar-refractivity contribution in [3.05, 3.63) is 22.8 Å². The number of aryl methyl sites for hydroxylation is 1. The van der Waals surface area contributed by atoms with Crippen molar-refractivity contribution < 1.29 is 0 Å². The maximum absolute atomic E-state index is 2.48. The molecular formula is C16H24. The van der Waals surface area contributed by atoms with E-state index in [1.54, 1.807) is 27.8 Å². The Kier molecular flexibility index (Phi) is 3.10. The van der Waals surface area contributed by atoms with Gasteiger partial charge in [-0.05, 0) is 58.9 Å². The van der Waals surface area contributed by atoms with E-state index in [1.807, 2.05) is 0 Å². The lowest BCUT2D eigenvalue weighted by Gasteiger charge is -2.04. The molecule has 0 spiro atoms. The molecule has 0 heteroatoms. The van der Waals surface area contributed by atoms with Gasteiger partial charge in [-0.15, -0.1) is 0 Å². The van der Waals surface area contributed by atoms with E-state index >= 15 is 0 Å². The molecule has 2 aliphatic carbocycles. The fourth-order valence-corrected chi connectivity index (χ4v) is 2.84. The van der Waals surface area contributed by atoms with E-state index in [1.165, 1.54) is 19.3 Å². The predicted molar refractivity (Wildman–Crippen MR) is 71.9 cm³/mol. The summed E-state index contributed by atoms with van der Waals surface area (Å²) in [5.74, 6) is 1.55. The van der Waals surface area contributed by atoms with Gasteiger partial charge in [0.25, 0.3) is 0 Å². The number of hydrogen-bond acceptors (Lipinski definition) is 0. The van der Waals surface area contributed by atoms with Gasteiger partial charge >= 0.3 is 0 Å². The van der Waals surface area contributed by atoms with Crippen LogP contribution in [0.4, 0.5) is 0 Å².